The zero-order chi connectivity index (χ0) is 15.1. The summed E-state index contributed by atoms with van der Waals surface area (Å²) in [4.78, 5) is 21.9. The van der Waals surface area contributed by atoms with Crippen molar-refractivity contribution in [2.24, 2.45) is 0 Å². The largest absolute Gasteiger partial charge is 0.477 e. The maximum Gasteiger partial charge on any atom is 0.353 e. The summed E-state index contributed by atoms with van der Waals surface area (Å²) in [5.41, 5.74) is 4.12. The van der Waals surface area contributed by atoms with Crippen molar-refractivity contribution in [1.82, 2.24) is 9.78 Å². The second kappa shape index (κ2) is 4.51. The molecule has 0 atom stereocenters. The molecule has 0 aliphatic heterocycles. The first-order valence-corrected chi connectivity index (χ1v) is 6.57. The van der Waals surface area contributed by atoms with Crippen molar-refractivity contribution >= 4 is 21.8 Å². The highest BCUT2D eigenvalue weighted by Gasteiger charge is 2.20. The molecule has 0 saturated carbocycles. The number of carbonyl (C=O) groups is 1. The van der Waals surface area contributed by atoms with Gasteiger partial charge in [-0.05, 0) is 18.2 Å². The van der Waals surface area contributed by atoms with Crippen LogP contribution in [-0.4, -0.2) is 33.8 Å². The molecule has 20 heavy (non-hydrogen) atoms. The lowest BCUT2D eigenvalue weighted by molar-refractivity contribution is 0.0690. The zero-order valence-electron chi connectivity index (χ0n) is 9.77. The van der Waals surface area contributed by atoms with E-state index >= 15 is 0 Å². The van der Waals surface area contributed by atoms with E-state index in [0.717, 1.165) is 18.2 Å². The molecule has 2 aromatic rings. The first-order chi connectivity index (χ1) is 9.20. The number of nitrogens with two attached hydrogens (primary N) is 1. The molecule has 5 N–H and O–H groups in total. The third kappa shape index (κ3) is 2.41. The van der Waals surface area contributed by atoms with Gasteiger partial charge in [0.05, 0.1) is 5.69 Å². The first-order valence-electron chi connectivity index (χ1n) is 5.13. The first kappa shape index (κ1) is 13.8. The highest BCUT2D eigenvalue weighted by molar-refractivity contribution is 7.86. The molecular weight excluding hydrogens is 290 g/mol. The smallest absolute Gasteiger partial charge is 0.353 e. The lowest BCUT2D eigenvalue weighted by atomic mass is 10.3. The van der Waals surface area contributed by atoms with Gasteiger partial charge in [-0.3, -0.25) is 14.4 Å². The van der Waals surface area contributed by atoms with Crippen LogP contribution >= 0.6 is 0 Å². The second-order valence-electron chi connectivity index (χ2n) is 3.85. The molecular formula is C10H9N3O6S. The van der Waals surface area contributed by atoms with Crippen molar-refractivity contribution in [2.45, 2.75) is 4.90 Å². The number of aromatic nitrogens is 2. The van der Waals surface area contributed by atoms with Gasteiger partial charge < -0.3 is 10.8 Å². The van der Waals surface area contributed by atoms with Gasteiger partial charge >= 0.3 is 5.97 Å². The Hall–Kier alpha value is -2.59. The molecule has 0 radical (unpaired) electrons. The Morgan fingerprint density at radius 3 is 2.45 bits per heavy atom. The second-order valence-corrected chi connectivity index (χ2v) is 5.24. The number of carboxylic acids is 1. The monoisotopic (exact) mass is 299 g/mol. The third-order valence-corrected chi connectivity index (χ3v) is 3.35. The number of nitrogens with zero attached hydrogens (tertiary/aromatic N) is 1. The summed E-state index contributed by atoms with van der Waals surface area (Å²) >= 11 is 0. The summed E-state index contributed by atoms with van der Waals surface area (Å²) in [6.07, 6.45) is 0. The van der Waals surface area contributed by atoms with E-state index in [-0.39, 0.29) is 11.4 Å². The summed E-state index contributed by atoms with van der Waals surface area (Å²) in [6, 6.07) is 4.12. The van der Waals surface area contributed by atoms with Crippen molar-refractivity contribution in [3.63, 3.8) is 0 Å². The summed E-state index contributed by atoms with van der Waals surface area (Å²) in [7, 11) is -4.61. The standard InChI is InChI=1S/C10H9N3O6S/c11-5-1-2-8(20(17,18)19)7(3-5)13-9(14)4-6(12-13)10(15)16/h1-4,12H,11H2,(H,15,16)(H,17,18,19). The highest BCUT2D eigenvalue weighted by Crippen LogP contribution is 2.21. The molecule has 0 saturated heterocycles. The van der Waals surface area contributed by atoms with Gasteiger partial charge in [-0.25, -0.2) is 9.48 Å². The van der Waals surface area contributed by atoms with Crippen molar-refractivity contribution in [1.29, 1.82) is 0 Å². The number of rotatable bonds is 3. The lowest BCUT2D eigenvalue weighted by Gasteiger charge is -2.08. The number of aromatic amines is 1. The van der Waals surface area contributed by atoms with Crippen LogP contribution < -0.4 is 11.3 Å². The molecule has 2 rings (SSSR count). The molecule has 0 aliphatic rings. The van der Waals surface area contributed by atoms with E-state index in [0.29, 0.717) is 4.68 Å². The number of hydrogen-bond donors (Lipinski definition) is 4. The van der Waals surface area contributed by atoms with Crippen LogP contribution in [0.3, 0.4) is 0 Å². The number of nitrogen functional groups attached to an aromatic ring is 1. The van der Waals surface area contributed by atoms with Crippen LogP contribution in [0.5, 0.6) is 0 Å². The summed E-state index contributed by atoms with van der Waals surface area (Å²) < 4.78 is 32.3. The van der Waals surface area contributed by atoms with Crippen molar-refractivity contribution in [2.75, 3.05) is 5.73 Å². The van der Waals surface area contributed by atoms with Crippen LogP contribution in [0, 0.1) is 0 Å². The molecule has 1 heterocycles. The lowest BCUT2D eigenvalue weighted by Crippen LogP contribution is -2.17. The third-order valence-electron chi connectivity index (χ3n) is 2.45. The van der Waals surface area contributed by atoms with Gasteiger partial charge in [-0.2, -0.15) is 8.42 Å². The average Bonchev–Trinajstić information content (AvgIpc) is 2.69. The molecule has 0 spiro atoms. The Kier molecular flexibility index (Phi) is 3.12. The number of nitrogens with one attached hydrogen (secondary N) is 1. The molecule has 0 bridgehead atoms. The van der Waals surface area contributed by atoms with Gasteiger partial charge in [0.15, 0.2) is 0 Å². The summed E-state index contributed by atoms with van der Waals surface area (Å²) in [5.74, 6) is -1.39. The Morgan fingerprint density at radius 1 is 1.30 bits per heavy atom. The van der Waals surface area contributed by atoms with Crippen LogP contribution in [0.25, 0.3) is 5.69 Å². The number of benzene rings is 1. The minimum absolute atomic E-state index is 0.130. The predicted molar refractivity (Wildman–Crippen MR) is 67.6 cm³/mol. The average molecular weight is 299 g/mol. The topological polar surface area (TPSA) is 155 Å². The number of carboxylic acid groups (broad SMARTS) is 1. The van der Waals surface area contributed by atoms with Crippen LogP contribution in [0.2, 0.25) is 0 Å². The van der Waals surface area contributed by atoms with Crippen molar-refractivity contribution in [3.05, 3.63) is 40.3 Å². The fraction of sp³-hybridized carbons (Fsp3) is 0. The van der Waals surface area contributed by atoms with Crippen LogP contribution in [0.4, 0.5) is 5.69 Å². The van der Waals surface area contributed by atoms with Crippen LogP contribution in [0.15, 0.2) is 34.0 Å². The van der Waals surface area contributed by atoms with Gasteiger partial charge in [0.25, 0.3) is 15.7 Å². The molecule has 106 valence electrons. The Labute approximate surface area is 112 Å². The van der Waals surface area contributed by atoms with E-state index in [1.165, 1.54) is 6.07 Å². The number of anilines is 1. The van der Waals surface area contributed by atoms with E-state index in [1.54, 1.807) is 0 Å². The van der Waals surface area contributed by atoms with E-state index in [9.17, 15) is 18.0 Å². The SMILES string of the molecule is Nc1ccc(S(=O)(=O)O)c(-n2[nH]c(C(=O)O)cc2=O)c1. The van der Waals surface area contributed by atoms with Gasteiger partial charge in [0.2, 0.25) is 0 Å². The van der Waals surface area contributed by atoms with Gasteiger partial charge in [-0.1, -0.05) is 0 Å². The summed E-state index contributed by atoms with van der Waals surface area (Å²) in [5, 5.41) is 11.0. The van der Waals surface area contributed by atoms with Gasteiger partial charge in [-0.15, -0.1) is 0 Å². The van der Waals surface area contributed by atoms with Crippen LogP contribution in [-0.2, 0) is 10.1 Å². The molecule has 9 nitrogen and oxygen atoms in total. The maximum atomic E-state index is 11.7. The molecule has 0 fully saturated rings. The fourth-order valence-electron chi connectivity index (χ4n) is 1.61. The molecule has 0 unspecified atom stereocenters. The van der Waals surface area contributed by atoms with Crippen molar-refractivity contribution < 1.29 is 22.9 Å². The van der Waals surface area contributed by atoms with Gasteiger partial charge in [0, 0.05) is 11.8 Å². The molecule has 0 aliphatic carbocycles. The highest BCUT2D eigenvalue weighted by atomic mass is 32.2. The summed E-state index contributed by atoms with van der Waals surface area (Å²) in [6.45, 7) is 0. The number of H-pyrrole nitrogens is 1. The van der Waals surface area contributed by atoms with E-state index in [4.69, 9.17) is 15.4 Å². The molecule has 10 heteroatoms. The zero-order valence-corrected chi connectivity index (χ0v) is 10.6. The molecule has 0 amide bonds. The molecule has 1 aromatic carbocycles. The minimum Gasteiger partial charge on any atom is -0.477 e. The van der Waals surface area contributed by atoms with Gasteiger partial charge in [0.1, 0.15) is 10.6 Å². The number of aromatic carboxylic acids is 1. The van der Waals surface area contributed by atoms with Crippen molar-refractivity contribution in [3.8, 4) is 5.69 Å². The van der Waals surface area contributed by atoms with E-state index < -0.39 is 32.2 Å². The fourth-order valence-corrected chi connectivity index (χ4v) is 2.27. The van der Waals surface area contributed by atoms with E-state index in [1.807, 2.05) is 0 Å². The Balaban J connectivity index is 2.79. The quantitative estimate of drug-likeness (QED) is 0.447. The Morgan fingerprint density at radius 2 is 1.95 bits per heavy atom. The minimum atomic E-state index is -4.61. The van der Waals surface area contributed by atoms with E-state index in [2.05, 4.69) is 5.10 Å². The van der Waals surface area contributed by atoms with Crippen LogP contribution in [0.1, 0.15) is 10.5 Å². The molecule has 1 aromatic heterocycles. The normalized spacial score (nSPS) is 11.4. The Bertz CT molecular complexity index is 848. The maximum absolute atomic E-state index is 11.7. The number of hydrogen-bond acceptors (Lipinski definition) is 5. The predicted octanol–water partition coefficient (Wildman–Crippen LogP) is -0.307.